The molecule has 9 aromatic rings. The van der Waals surface area contributed by atoms with E-state index in [0.717, 1.165) is 77.2 Å². The Morgan fingerprint density at radius 2 is 0.980 bits per heavy atom. The number of rotatable bonds is 4. The minimum Gasteiger partial charge on any atom is -0.309 e. The van der Waals surface area contributed by atoms with Crippen molar-refractivity contribution >= 4 is 43.6 Å². The van der Waals surface area contributed by atoms with Crippen LogP contribution in [0.2, 0.25) is 0 Å². The van der Waals surface area contributed by atoms with Gasteiger partial charge in [-0.2, -0.15) is 15.8 Å². The van der Waals surface area contributed by atoms with Gasteiger partial charge in [0, 0.05) is 32.8 Å². The summed E-state index contributed by atoms with van der Waals surface area (Å²) in [6.07, 6.45) is 0. The molecule has 0 amide bonds. The van der Waals surface area contributed by atoms with Gasteiger partial charge in [0.1, 0.15) is 0 Å². The molecule has 0 atom stereocenters. The molecule has 50 heavy (non-hydrogen) atoms. The Labute approximate surface area is 287 Å². The number of para-hydroxylation sites is 2. The first-order chi connectivity index (χ1) is 24.7. The Balaban J connectivity index is 1.13. The van der Waals surface area contributed by atoms with Gasteiger partial charge >= 0.3 is 0 Å². The second kappa shape index (κ2) is 11.4. The smallest absolute Gasteiger partial charge is 0.0998 e. The van der Waals surface area contributed by atoms with Crippen LogP contribution in [0.25, 0.3) is 77.2 Å². The zero-order chi connectivity index (χ0) is 33.8. The quantitative estimate of drug-likeness (QED) is 0.193. The van der Waals surface area contributed by atoms with Crippen LogP contribution >= 0.6 is 0 Å². The average Bonchev–Trinajstić information content (AvgIpc) is 3.70. The van der Waals surface area contributed by atoms with Crippen LogP contribution in [0.5, 0.6) is 0 Å². The Morgan fingerprint density at radius 1 is 0.400 bits per heavy atom. The lowest BCUT2D eigenvalue weighted by Gasteiger charge is -2.15. The Kier molecular flexibility index (Phi) is 6.56. The monoisotopic (exact) mass is 635 g/mol. The Morgan fingerprint density at radius 3 is 1.70 bits per heavy atom. The van der Waals surface area contributed by atoms with E-state index in [4.69, 9.17) is 0 Å². The molecule has 230 valence electrons. The predicted molar refractivity (Wildman–Crippen MR) is 200 cm³/mol. The van der Waals surface area contributed by atoms with Gasteiger partial charge in [0.05, 0.1) is 62.7 Å². The number of hydrogen-bond acceptors (Lipinski definition) is 3. The first-order valence-corrected chi connectivity index (χ1v) is 16.3. The van der Waals surface area contributed by atoms with E-state index in [1.807, 2.05) is 72.8 Å². The fourth-order valence-corrected chi connectivity index (χ4v) is 7.37. The van der Waals surface area contributed by atoms with Crippen molar-refractivity contribution in [1.82, 2.24) is 9.13 Å². The summed E-state index contributed by atoms with van der Waals surface area (Å²) < 4.78 is 4.45. The third kappa shape index (κ3) is 4.38. The molecule has 0 fully saturated rings. The van der Waals surface area contributed by atoms with E-state index in [0.29, 0.717) is 16.7 Å². The molecule has 2 aromatic heterocycles. The lowest BCUT2D eigenvalue weighted by atomic mass is 9.97. The highest BCUT2D eigenvalue weighted by Gasteiger charge is 2.18. The number of nitriles is 3. The molecular weight excluding hydrogens is 611 g/mol. The second-order valence-electron chi connectivity index (χ2n) is 12.3. The maximum absolute atomic E-state index is 9.85. The molecule has 0 N–H and O–H groups in total. The molecule has 0 unspecified atom stereocenters. The van der Waals surface area contributed by atoms with Crippen molar-refractivity contribution in [2.75, 3.05) is 0 Å². The fourth-order valence-electron chi connectivity index (χ4n) is 7.37. The van der Waals surface area contributed by atoms with Gasteiger partial charge in [-0.05, 0) is 89.5 Å². The van der Waals surface area contributed by atoms with Crippen molar-refractivity contribution in [1.29, 1.82) is 15.8 Å². The third-order valence-electron chi connectivity index (χ3n) is 9.64. The molecule has 0 bridgehead atoms. The van der Waals surface area contributed by atoms with E-state index >= 15 is 0 Å². The van der Waals surface area contributed by atoms with Crippen molar-refractivity contribution < 1.29 is 0 Å². The first-order valence-electron chi connectivity index (χ1n) is 16.3. The normalized spacial score (nSPS) is 11.1. The van der Waals surface area contributed by atoms with Crippen LogP contribution < -0.4 is 0 Å². The summed E-state index contributed by atoms with van der Waals surface area (Å²) in [5.74, 6) is 0. The third-order valence-corrected chi connectivity index (χ3v) is 9.64. The van der Waals surface area contributed by atoms with Crippen LogP contribution in [0.1, 0.15) is 16.7 Å². The molecule has 0 spiro atoms. The molecule has 0 radical (unpaired) electrons. The molecule has 5 nitrogen and oxygen atoms in total. The van der Waals surface area contributed by atoms with Crippen LogP contribution in [-0.2, 0) is 0 Å². The lowest BCUT2D eigenvalue weighted by Crippen LogP contribution is -1.98. The van der Waals surface area contributed by atoms with E-state index in [-0.39, 0.29) is 0 Å². The molecule has 0 aliphatic heterocycles. The van der Waals surface area contributed by atoms with Gasteiger partial charge in [0.15, 0.2) is 0 Å². The second-order valence-corrected chi connectivity index (χ2v) is 12.3. The molecule has 5 heteroatoms. The minimum absolute atomic E-state index is 0.586. The maximum Gasteiger partial charge on any atom is 0.0998 e. The SMILES string of the molecule is N#Cc1ccc(-n2c3ccccc3c3cc(C#N)ccc32)c(-c2ccc(-c3ccc(-n4c5ccccc5c5c(C#N)cccc54)cc3)cc2)c1. The van der Waals surface area contributed by atoms with Gasteiger partial charge in [-0.25, -0.2) is 0 Å². The van der Waals surface area contributed by atoms with Crippen LogP contribution in [0.3, 0.4) is 0 Å². The summed E-state index contributed by atoms with van der Waals surface area (Å²) in [7, 11) is 0. The summed E-state index contributed by atoms with van der Waals surface area (Å²) in [6, 6.07) is 57.9. The summed E-state index contributed by atoms with van der Waals surface area (Å²) >= 11 is 0. The largest absolute Gasteiger partial charge is 0.309 e. The summed E-state index contributed by atoms with van der Waals surface area (Å²) in [5, 5.41) is 33.4. The summed E-state index contributed by atoms with van der Waals surface area (Å²) in [4.78, 5) is 0. The van der Waals surface area contributed by atoms with Gasteiger partial charge in [-0.1, -0.05) is 78.9 Å². The van der Waals surface area contributed by atoms with Crippen molar-refractivity contribution in [3.63, 3.8) is 0 Å². The highest BCUT2D eigenvalue weighted by molar-refractivity contribution is 6.12. The van der Waals surface area contributed by atoms with Crippen molar-refractivity contribution in [2.24, 2.45) is 0 Å². The molecule has 7 aromatic carbocycles. The molecule has 0 aliphatic carbocycles. The summed E-state index contributed by atoms with van der Waals surface area (Å²) in [5.41, 5.74) is 12.1. The average molecular weight is 636 g/mol. The van der Waals surface area contributed by atoms with Gasteiger partial charge in [-0.3, -0.25) is 0 Å². The van der Waals surface area contributed by atoms with Crippen molar-refractivity contribution in [3.8, 4) is 51.8 Å². The Bertz CT molecular complexity index is 2940. The van der Waals surface area contributed by atoms with Crippen molar-refractivity contribution in [2.45, 2.75) is 0 Å². The highest BCUT2D eigenvalue weighted by Crippen LogP contribution is 2.38. The molecule has 2 heterocycles. The zero-order valence-corrected chi connectivity index (χ0v) is 26.7. The molecule has 0 saturated heterocycles. The van der Waals surface area contributed by atoms with E-state index in [1.54, 1.807) is 0 Å². The zero-order valence-electron chi connectivity index (χ0n) is 26.7. The van der Waals surface area contributed by atoms with Gasteiger partial charge in [0.2, 0.25) is 0 Å². The molecule has 9 rings (SSSR count). The van der Waals surface area contributed by atoms with Crippen LogP contribution in [-0.4, -0.2) is 9.13 Å². The van der Waals surface area contributed by atoms with E-state index in [1.165, 1.54) is 0 Å². The number of benzene rings is 7. The maximum atomic E-state index is 9.85. The fraction of sp³-hybridized carbons (Fsp3) is 0. The van der Waals surface area contributed by atoms with Gasteiger partial charge in [0.25, 0.3) is 0 Å². The number of aromatic nitrogens is 2. The van der Waals surface area contributed by atoms with Crippen LogP contribution in [0, 0.1) is 34.0 Å². The number of hydrogen-bond donors (Lipinski definition) is 0. The van der Waals surface area contributed by atoms with E-state index in [9.17, 15) is 15.8 Å². The minimum atomic E-state index is 0.586. The molecule has 0 saturated carbocycles. The van der Waals surface area contributed by atoms with E-state index in [2.05, 4.69) is 106 Å². The summed E-state index contributed by atoms with van der Waals surface area (Å²) in [6.45, 7) is 0. The predicted octanol–water partition coefficient (Wildman–Crippen LogP) is 10.8. The molecule has 0 aliphatic rings. The van der Waals surface area contributed by atoms with E-state index < -0.39 is 0 Å². The lowest BCUT2D eigenvalue weighted by molar-refractivity contribution is 1.18. The van der Waals surface area contributed by atoms with Gasteiger partial charge in [-0.15, -0.1) is 0 Å². The number of nitrogens with zero attached hydrogens (tertiary/aromatic N) is 5. The van der Waals surface area contributed by atoms with Gasteiger partial charge < -0.3 is 9.13 Å². The first kappa shape index (κ1) is 28.8. The topological polar surface area (TPSA) is 81.2 Å². The molecular formula is C45H25N5. The standard InChI is InChI=1S/C45H25N5/c46-26-29-12-22-42(50-40-9-3-1-7-36(40)39-25-30(27-47)13-23-43(39)50)38(24-29)33-16-14-31(15-17-33)32-18-20-35(21-19-32)49-41-10-4-2-8-37(41)45-34(28-48)6-5-11-44(45)49/h1-25H. The highest BCUT2D eigenvalue weighted by atomic mass is 15.0. The van der Waals surface area contributed by atoms with Crippen LogP contribution in [0.15, 0.2) is 152 Å². The van der Waals surface area contributed by atoms with Crippen molar-refractivity contribution in [3.05, 3.63) is 168 Å². The Hall–Kier alpha value is -7.39. The number of fused-ring (bicyclic) bond motifs is 6. The van der Waals surface area contributed by atoms with Crippen LogP contribution in [0.4, 0.5) is 0 Å².